The number of hydrogen-bond acceptors (Lipinski definition) is 5. The van der Waals surface area contributed by atoms with Crippen molar-refractivity contribution in [3.63, 3.8) is 0 Å². The van der Waals surface area contributed by atoms with Crippen LogP contribution in [0.2, 0.25) is 0 Å². The van der Waals surface area contributed by atoms with Crippen molar-refractivity contribution < 1.29 is 0 Å². The fourth-order valence-electron chi connectivity index (χ4n) is 2.60. The first-order chi connectivity index (χ1) is 9.74. The molecule has 0 bridgehead atoms. The lowest BCUT2D eigenvalue weighted by Crippen LogP contribution is -2.05. The summed E-state index contributed by atoms with van der Waals surface area (Å²) >= 11 is 0. The number of anilines is 4. The summed E-state index contributed by atoms with van der Waals surface area (Å²) in [6, 6.07) is 8.36. The smallest absolute Gasteiger partial charge is 0.223 e. The molecule has 20 heavy (non-hydrogen) atoms. The summed E-state index contributed by atoms with van der Waals surface area (Å²) in [4.78, 5) is 8.36. The molecule has 1 aliphatic rings. The molecule has 0 unspecified atom stereocenters. The van der Waals surface area contributed by atoms with Crippen LogP contribution in [0.15, 0.2) is 24.3 Å². The second kappa shape index (κ2) is 5.36. The van der Waals surface area contributed by atoms with Crippen molar-refractivity contribution in [2.75, 3.05) is 22.9 Å². The lowest BCUT2D eigenvalue weighted by Gasteiger charge is -2.10. The number of nitrogen functional groups attached to an aromatic ring is 1. The van der Waals surface area contributed by atoms with Crippen LogP contribution in [0.25, 0.3) is 0 Å². The van der Waals surface area contributed by atoms with E-state index in [1.807, 2.05) is 13.0 Å². The van der Waals surface area contributed by atoms with E-state index in [2.05, 4.69) is 38.8 Å². The van der Waals surface area contributed by atoms with Crippen molar-refractivity contribution >= 4 is 23.3 Å². The van der Waals surface area contributed by atoms with Crippen LogP contribution in [-0.2, 0) is 12.8 Å². The average Bonchev–Trinajstić information content (AvgIpc) is 2.85. The fourth-order valence-corrected chi connectivity index (χ4v) is 2.60. The van der Waals surface area contributed by atoms with E-state index >= 15 is 0 Å². The van der Waals surface area contributed by atoms with Crippen molar-refractivity contribution in [3.8, 4) is 0 Å². The normalized spacial score (nSPS) is 13.1. The van der Waals surface area contributed by atoms with E-state index in [1.165, 1.54) is 30.4 Å². The Balaban J connectivity index is 1.83. The van der Waals surface area contributed by atoms with Crippen molar-refractivity contribution in [1.29, 1.82) is 0 Å². The number of nitrogens with one attached hydrogen (secondary N) is 2. The van der Waals surface area contributed by atoms with Crippen LogP contribution >= 0.6 is 0 Å². The number of rotatable bonds is 4. The number of fused-ring (bicyclic) bond motifs is 1. The maximum atomic E-state index is 5.73. The largest absolute Gasteiger partial charge is 0.370 e. The maximum Gasteiger partial charge on any atom is 0.223 e. The van der Waals surface area contributed by atoms with Gasteiger partial charge >= 0.3 is 0 Å². The zero-order valence-corrected chi connectivity index (χ0v) is 11.6. The van der Waals surface area contributed by atoms with Crippen molar-refractivity contribution in [2.45, 2.75) is 26.2 Å². The molecular weight excluding hydrogens is 250 g/mol. The van der Waals surface area contributed by atoms with Gasteiger partial charge in [0.1, 0.15) is 11.6 Å². The number of aryl methyl sites for hydroxylation is 2. The fraction of sp³-hybridized carbons (Fsp3) is 0.333. The monoisotopic (exact) mass is 269 g/mol. The molecule has 0 amide bonds. The highest BCUT2D eigenvalue weighted by atomic mass is 15.1. The zero-order chi connectivity index (χ0) is 13.9. The van der Waals surface area contributed by atoms with Crippen molar-refractivity contribution in [3.05, 3.63) is 35.4 Å². The lowest BCUT2D eigenvalue weighted by molar-refractivity contribution is 0.912. The zero-order valence-electron chi connectivity index (χ0n) is 11.6. The lowest BCUT2D eigenvalue weighted by atomic mass is 10.1. The third kappa shape index (κ3) is 2.66. The molecule has 0 radical (unpaired) electrons. The van der Waals surface area contributed by atoms with Crippen LogP contribution in [0, 0.1) is 0 Å². The minimum atomic E-state index is 0.270. The van der Waals surface area contributed by atoms with E-state index in [0.29, 0.717) is 5.82 Å². The van der Waals surface area contributed by atoms with E-state index in [4.69, 9.17) is 5.73 Å². The molecule has 0 fully saturated rings. The van der Waals surface area contributed by atoms with E-state index in [1.54, 1.807) is 0 Å². The van der Waals surface area contributed by atoms with Crippen LogP contribution in [0.3, 0.4) is 0 Å². The molecule has 1 heterocycles. The summed E-state index contributed by atoms with van der Waals surface area (Å²) in [7, 11) is 0. The van der Waals surface area contributed by atoms with Gasteiger partial charge in [0.15, 0.2) is 0 Å². The Kier molecular flexibility index (Phi) is 3.41. The standard InChI is InChI=1S/C15H19N5/c1-2-17-13-9-14(20-15(16)19-13)18-12-7-6-10-4-3-5-11(10)8-12/h6-9H,2-5H2,1H3,(H4,16,17,18,19,20). The van der Waals surface area contributed by atoms with Gasteiger partial charge in [0, 0.05) is 18.3 Å². The summed E-state index contributed by atoms with van der Waals surface area (Å²) < 4.78 is 0. The molecule has 0 saturated heterocycles. The molecule has 1 aliphatic carbocycles. The Bertz CT molecular complexity index is 624. The van der Waals surface area contributed by atoms with Gasteiger partial charge in [0.25, 0.3) is 0 Å². The van der Waals surface area contributed by atoms with E-state index in [9.17, 15) is 0 Å². The Labute approximate surface area is 118 Å². The van der Waals surface area contributed by atoms with Crippen LogP contribution in [0.5, 0.6) is 0 Å². The van der Waals surface area contributed by atoms with Gasteiger partial charge in [-0.1, -0.05) is 6.07 Å². The van der Waals surface area contributed by atoms with E-state index < -0.39 is 0 Å². The van der Waals surface area contributed by atoms with Gasteiger partial charge in [-0.2, -0.15) is 9.97 Å². The van der Waals surface area contributed by atoms with Gasteiger partial charge < -0.3 is 16.4 Å². The van der Waals surface area contributed by atoms with Crippen LogP contribution < -0.4 is 16.4 Å². The summed E-state index contributed by atoms with van der Waals surface area (Å²) in [5.41, 5.74) is 9.68. The minimum absolute atomic E-state index is 0.270. The maximum absolute atomic E-state index is 5.73. The number of nitrogens with zero attached hydrogens (tertiary/aromatic N) is 2. The van der Waals surface area contributed by atoms with Crippen molar-refractivity contribution in [1.82, 2.24) is 9.97 Å². The summed E-state index contributed by atoms with van der Waals surface area (Å²) in [6.45, 7) is 2.82. The molecule has 0 aliphatic heterocycles. The molecule has 0 spiro atoms. The van der Waals surface area contributed by atoms with Gasteiger partial charge in [-0.25, -0.2) is 0 Å². The summed E-state index contributed by atoms with van der Waals surface area (Å²) in [6.07, 6.45) is 3.61. The minimum Gasteiger partial charge on any atom is -0.370 e. The predicted molar refractivity (Wildman–Crippen MR) is 82.4 cm³/mol. The average molecular weight is 269 g/mol. The molecule has 5 nitrogen and oxygen atoms in total. The molecule has 4 N–H and O–H groups in total. The molecule has 104 valence electrons. The number of nitrogens with two attached hydrogens (primary N) is 1. The summed E-state index contributed by atoms with van der Waals surface area (Å²) in [5, 5.41) is 6.45. The Morgan fingerprint density at radius 2 is 1.90 bits per heavy atom. The van der Waals surface area contributed by atoms with Gasteiger partial charge in [-0.15, -0.1) is 0 Å². The van der Waals surface area contributed by atoms with Gasteiger partial charge in [0.2, 0.25) is 5.95 Å². The third-order valence-electron chi connectivity index (χ3n) is 3.47. The highest BCUT2D eigenvalue weighted by Crippen LogP contribution is 2.26. The molecular formula is C15H19N5. The number of aromatic nitrogens is 2. The van der Waals surface area contributed by atoms with Gasteiger partial charge in [-0.05, 0) is 49.4 Å². The third-order valence-corrected chi connectivity index (χ3v) is 3.47. The predicted octanol–water partition coefficient (Wildman–Crippen LogP) is 2.72. The van der Waals surface area contributed by atoms with Crippen LogP contribution in [-0.4, -0.2) is 16.5 Å². The Morgan fingerprint density at radius 3 is 2.75 bits per heavy atom. The molecule has 5 heteroatoms. The van der Waals surface area contributed by atoms with Crippen LogP contribution in [0.1, 0.15) is 24.5 Å². The SMILES string of the molecule is CCNc1cc(Nc2ccc3c(c2)CCC3)nc(N)n1. The molecule has 3 rings (SSSR count). The highest BCUT2D eigenvalue weighted by molar-refractivity contribution is 5.62. The molecule has 0 saturated carbocycles. The van der Waals surface area contributed by atoms with Crippen LogP contribution in [0.4, 0.5) is 23.3 Å². The molecule has 2 aromatic rings. The highest BCUT2D eigenvalue weighted by Gasteiger charge is 2.11. The quantitative estimate of drug-likeness (QED) is 0.795. The Morgan fingerprint density at radius 1 is 1.10 bits per heavy atom. The van der Waals surface area contributed by atoms with Gasteiger partial charge in [-0.3, -0.25) is 0 Å². The van der Waals surface area contributed by atoms with Crippen molar-refractivity contribution in [2.24, 2.45) is 0 Å². The Hall–Kier alpha value is -2.30. The first-order valence-corrected chi connectivity index (χ1v) is 7.02. The first-order valence-electron chi connectivity index (χ1n) is 7.02. The topological polar surface area (TPSA) is 75.9 Å². The number of benzene rings is 1. The molecule has 0 atom stereocenters. The second-order valence-electron chi connectivity index (χ2n) is 4.99. The van der Waals surface area contributed by atoms with E-state index in [-0.39, 0.29) is 5.95 Å². The first kappa shape index (κ1) is 12.7. The number of hydrogen-bond donors (Lipinski definition) is 3. The van der Waals surface area contributed by atoms with E-state index in [0.717, 1.165) is 18.1 Å². The molecule has 1 aromatic heterocycles. The summed E-state index contributed by atoms with van der Waals surface area (Å²) in [5.74, 6) is 1.72. The second-order valence-corrected chi connectivity index (χ2v) is 4.99. The molecule has 1 aromatic carbocycles. The van der Waals surface area contributed by atoms with Gasteiger partial charge in [0.05, 0.1) is 0 Å².